The Labute approximate surface area is 142 Å². The summed E-state index contributed by atoms with van der Waals surface area (Å²) >= 11 is 0. The van der Waals surface area contributed by atoms with E-state index in [1.807, 2.05) is 31.2 Å². The highest BCUT2D eigenvalue weighted by Crippen LogP contribution is 2.38. The molecule has 1 aromatic heterocycles. The largest absolute Gasteiger partial charge is 0.497 e. The highest BCUT2D eigenvalue weighted by atomic mass is 16.5. The van der Waals surface area contributed by atoms with E-state index < -0.39 is 0 Å². The summed E-state index contributed by atoms with van der Waals surface area (Å²) in [5.74, 6) is 1.49. The molecule has 2 aromatic rings. The van der Waals surface area contributed by atoms with Crippen molar-refractivity contribution in [2.75, 3.05) is 26.1 Å². The summed E-state index contributed by atoms with van der Waals surface area (Å²) in [6, 6.07) is 8.07. The molecule has 1 N–H and O–H groups in total. The van der Waals surface area contributed by atoms with Crippen LogP contribution in [0.15, 0.2) is 24.3 Å². The number of hydrogen-bond acceptors (Lipinski definition) is 4. The zero-order chi connectivity index (χ0) is 17.3. The first-order chi connectivity index (χ1) is 11.5. The topological polar surface area (TPSA) is 52.5 Å². The number of carbonyl (C=O) groups excluding carboxylic acids is 1. The number of nitrogens with zero attached hydrogens (tertiary/aromatic N) is 1. The molecule has 3 rings (SSSR count). The lowest BCUT2D eigenvalue weighted by molar-refractivity contribution is 0.101. The van der Waals surface area contributed by atoms with E-state index >= 15 is 0 Å². The number of aryl methyl sites for hydroxylation is 1. The lowest BCUT2D eigenvalue weighted by atomic mass is 10.1. The first kappa shape index (κ1) is 16.4. The van der Waals surface area contributed by atoms with Gasteiger partial charge in [0.15, 0.2) is 5.78 Å². The summed E-state index contributed by atoms with van der Waals surface area (Å²) in [5, 5.41) is 3.17. The van der Waals surface area contributed by atoms with Gasteiger partial charge in [-0.1, -0.05) is 0 Å². The summed E-state index contributed by atoms with van der Waals surface area (Å²) in [4.78, 5) is 12.7. The van der Waals surface area contributed by atoms with Crippen molar-refractivity contribution < 1.29 is 14.3 Å². The van der Waals surface area contributed by atoms with Gasteiger partial charge in [-0.05, 0) is 44.9 Å². The molecule has 1 saturated carbocycles. The maximum absolute atomic E-state index is 12.7. The molecule has 5 heteroatoms. The Morgan fingerprint density at radius 1 is 1.21 bits per heavy atom. The van der Waals surface area contributed by atoms with Crippen molar-refractivity contribution in [1.29, 1.82) is 0 Å². The fourth-order valence-electron chi connectivity index (χ4n) is 3.18. The van der Waals surface area contributed by atoms with Crippen molar-refractivity contribution in [2.24, 2.45) is 0 Å². The van der Waals surface area contributed by atoms with E-state index in [1.165, 1.54) is 12.8 Å². The second-order valence-electron chi connectivity index (χ2n) is 6.23. The molecule has 5 nitrogen and oxygen atoms in total. The second kappa shape index (κ2) is 6.59. The summed E-state index contributed by atoms with van der Waals surface area (Å²) in [5.41, 5.74) is 3.78. The molecule has 0 radical (unpaired) electrons. The van der Waals surface area contributed by atoms with Crippen molar-refractivity contribution >= 4 is 11.5 Å². The van der Waals surface area contributed by atoms with Gasteiger partial charge >= 0.3 is 0 Å². The minimum Gasteiger partial charge on any atom is -0.497 e. The van der Waals surface area contributed by atoms with Crippen LogP contribution in [0.1, 0.15) is 40.6 Å². The Morgan fingerprint density at radius 3 is 2.58 bits per heavy atom. The fourth-order valence-corrected chi connectivity index (χ4v) is 3.18. The van der Waals surface area contributed by atoms with E-state index in [1.54, 1.807) is 14.2 Å². The molecule has 0 spiro atoms. The van der Waals surface area contributed by atoms with Crippen LogP contribution >= 0.6 is 0 Å². The molecular formula is C19H24N2O3. The van der Waals surface area contributed by atoms with Crippen molar-refractivity contribution in [2.45, 2.75) is 32.7 Å². The number of ether oxygens (including phenoxy) is 2. The predicted octanol–water partition coefficient (Wildman–Crippen LogP) is 3.75. The van der Waals surface area contributed by atoms with E-state index in [4.69, 9.17) is 9.47 Å². The first-order valence-corrected chi connectivity index (χ1v) is 8.22. The highest BCUT2D eigenvalue weighted by Gasteiger charge is 2.28. The maximum Gasteiger partial charge on any atom is 0.183 e. The van der Waals surface area contributed by atoms with E-state index in [2.05, 4.69) is 16.8 Å². The number of hydrogen-bond donors (Lipinski definition) is 1. The van der Waals surface area contributed by atoms with Crippen LogP contribution in [0, 0.1) is 13.8 Å². The van der Waals surface area contributed by atoms with Gasteiger partial charge in [-0.2, -0.15) is 0 Å². The van der Waals surface area contributed by atoms with Crippen molar-refractivity contribution in [3.05, 3.63) is 41.2 Å². The number of anilines is 1. The number of carbonyl (C=O) groups is 1. The lowest BCUT2D eigenvalue weighted by Gasteiger charge is -2.12. The SMILES string of the molecule is COc1ccc(OC)c(NCC(=O)c2cc(C)n(C3CC3)c2C)c1. The molecule has 0 atom stereocenters. The number of benzene rings is 1. The molecule has 0 amide bonds. The number of nitrogens with one attached hydrogen (secondary N) is 1. The minimum atomic E-state index is 0.0832. The Morgan fingerprint density at radius 2 is 1.96 bits per heavy atom. The third-order valence-corrected chi connectivity index (χ3v) is 4.54. The number of ketones is 1. The number of aromatic nitrogens is 1. The standard InChI is InChI=1S/C19H24N2O3/c1-12-9-16(13(2)21(12)14-5-6-14)18(22)11-20-17-10-15(23-3)7-8-19(17)24-4/h7-10,14,20H,5-6,11H2,1-4H3. The van der Waals surface area contributed by atoms with Gasteiger partial charge in [0.05, 0.1) is 26.5 Å². The number of Topliss-reactive ketones (excluding diaryl/α,β-unsaturated/α-hetero) is 1. The Balaban J connectivity index is 1.75. The van der Waals surface area contributed by atoms with Crippen LogP contribution < -0.4 is 14.8 Å². The molecule has 1 heterocycles. The molecular weight excluding hydrogens is 304 g/mol. The molecule has 1 fully saturated rings. The van der Waals surface area contributed by atoms with Crippen LogP contribution in [0.25, 0.3) is 0 Å². The van der Waals surface area contributed by atoms with E-state index in [9.17, 15) is 4.79 Å². The van der Waals surface area contributed by atoms with Gasteiger partial charge in [0.1, 0.15) is 11.5 Å². The third kappa shape index (κ3) is 3.11. The molecule has 1 aliphatic rings. The lowest BCUT2D eigenvalue weighted by Crippen LogP contribution is -2.15. The van der Waals surface area contributed by atoms with Gasteiger partial charge in [-0.25, -0.2) is 0 Å². The van der Waals surface area contributed by atoms with Gasteiger partial charge in [-0.15, -0.1) is 0 Å². The van der Waals surface area contributed by atoms with Gasteiger partial charge in [0.25, 0.3) is 0 Å². The first-order valence-electron chi connectivity index (χ1n) is 8.22. The smallest absolute Gasteiger partial charge is 0.183 e. The highest BCUT2D eigenvalue weighted by molar-refractivity contribution is 6.00. The van der Waals surface area contributed by atoms with Gasteiger partial charge < -0.3 is 19.4 Å². The number of rotatable bonds is 7. The van der Waals surface area contributed by atoms with Crippen molar-refractivity contribution in [3.63, 3.8) is 0 Å². The zero-order valence-corrected chi connectivity index (χ0v) is 14.7. The Kier molecular flexibility index (Phi) is 4.51. The monoisotopic (exact) mass is 328 g/mol. The van der Waals surface area contributed by atoms with E-state index in [-0.39, 0.29) is 12.3 Å². The zero-order valence-electron chi connectivity index (χ0n) is 14.7. The van der Waals surface area contributed by atoms with Gasteiger partial charge in [0.2, 0.25) is 0 Å². The van der Waals surface area contributed by atoms with Crippen LogP contribution in [0.4, 0.5) is 5.69 Å². The molecule has 128 valence electrons. The average Bonchev–Trinajstić information content (AvgIpc) is 3.37. The Hall–Kier alpha value is -2.43. The normalized spacial score (nSPS) is 13.7. The van der Waals surface area contributed by atoms with Crippen LogP contribution in [0.3, 0.4) is 0 Å². The van der Waals surface area contributed by atoms with E-state index in [0.717, 1.165) is 28.4 Å². The van der Waals surface area contributed by atoms with Crippen LogP contribution in [0.2, 0.25) is 0 Å². The average molecular weight is 328 g/mol. The summed E-state index contributed by atoms with van der Waals surface area (Å²) in [6.45, 7) is 4.32. The van der Waals surface area contributed by atoms with E-state index in [0.29, 0.717) is 11.8 Å². The van der Waals surface area contributed by atoms with Gasteiger partial charge in [-0.3, -0.25) is 4.79 Å². The van der Waals surface area contributed by atoms with Crippen LogP contribution in [-0.4, -0.2) is 31.1 Å². The Bertz CT molecular complexity index is 760. The molecule has 0 unspecified atom stereocenters. The molecule has 0 aliphatic heterocycles. The van der Waals surface area contributed by atoms with Crippen molar-refractivity contribution in [3.8, 4) is 11.5 Å². The number of methoxy groups -OCH3 is 2. The van der Waals surface area contributed by atoms with Crippen LogP contribution in [-0.2, 0) is 0 Å². The maximum atomic E-state index is 12.7. The molecule has 0 bridgehead atoms. The quantitative estimate of drug-likeness (QED) is 0.787. The molecule has 24 heavy (non-hydrogen) atoms. The van der Waals surface area contributed by atoms with Crippen LogP contribution in [0.5, 0.6) is 11.5 Å². The molecule has 0 saturated heterocycles. The van der Waals surface area contributed by atoms with Gasteiger partial charge in [0, 0.05) is 29.1 Å². The summed E-state index contributed by atoms with van der Waals surface area (Å²) in [6.07, 6.45) is 2.42. The second-order valence-corrected chi connectivity index (χ2v) is 6.23. The van der Waals surface area contributed by atoms with Crippen molar-refractivity contribution in [1.82, 2.24) is 4.57 Å². The summed E-state index contributed by atoms with van der Waals surface area (Å²) < 4.78 is 12.9. The molecule has 1 aromatic carbocycles. The molecule has 1 aliphatic carbocycles. The minimum absolute atomic E-state index is 0.0832. The third-order valence-electron chi connectivity index (χ3n) is 4.54. The summed E-state index contributed by atoms with van der Waals surface area (Å²) in [7, 11) is 3.22. The fraction of sp³-hybridized carbons (Fsp3) is 0.421. The predicted molar refractivity (Wildman–Crippen MR) is 94.5 cm³/mol.